The maximum absolute atomic E-state index is 12.4. The molecule has 0 aromatic heterocycles. The molecule has 0 heterocycles. The molecule has 0 aliphatic carbocycles. The van der Waals surface area contributed by atoms with Crippen LogP contribution in [0.2, 0.25) is 5.02 Å². The number of rotatable bonds is 4. The van der Waals surface area contributed by atoms with Crippen LogP contribution in [0, 0.1) is 6.92 Å². The average molecular weight is 327 g/mol. The molecule has 0 fully saturated rings. The lowest BCUT2D eigenvalue weighted by atomic mass is 10.2. The number of methoxy groups -OCH3 is 1. The first-order chi connectivity index (χ1) is 9.83. The Bertz CT molecular complexity index is 776. The number of hydrogen-bond acceptors (Lipinski definition) is 4. The summed E-state index contributed by atoms with van der Waals surface area (Å²) in [7, 11) is -2.35. The van der Waals surface area contributed by atoms with Crippen molar-refractivity contribution in [3.8, 4) is 5.75 Å². The van der Waals surface area contributed by atoms with Crippen LogP contribution < -0.4 is 15.2 Å². The fourth-order valence-corrected chi connectivity index (χ4v) is 3.09. The molecule has 0 aliphatic rings. The lowest BCUT2D eigenvalue weighted by molar-refractivity contribution is 0.415. The number of benzene rings is 2. The Hall–Kier alpha value is -1.92. The quantitative estimate of drug-likeness (QED) is 0.846. The van der Waals surface area contributed by atoms with Gasteiger partial charge in [-0.3, -0.25) is 4.72 Å². The maximum Gasteiger partial charge on any atom is 0.262 e. The van der Waals surface area contributed by atoms with Crippen molar-refractivity contribution in [3.63, 3.8) is 0 Å². The second kappa shape index (κ2) is 5.83. The molecule has 2 rings (SSSR count). The molecule has 0 saturated heterocycles. The molecule has 21 heavy (non-hydrogen) atoms. The molecule has 0 unspecified atom stereocenters. The summed E-state index contributed by atoms with van der Waals surface area (Å²) in [6.45, 7) is 1.85. The van der Waals surface area contributed by atoms with E-state index in [4.69, 9.17) is 22.1 Å². The van der Waals surface area contributed by atoms with Crippen molar-refractivity contribution in [2.24, 2.45) is 0 Å². The van der Waals surface area contributed by atoms with E-state index in [-0.39, 0.29) is 4.90 Å². The number of sulfonamides is 1. The van der Waals surface area contributed by atoms with Crippen molar-refractivity contribution in [2.75, 3.05) is 17.6 Å². The Morgan fingerprint density at radius 3 is 2.57 bits per heavy atom. The summed E-state index contributed by atoms with van der Waals surface area (Å²) < 4.78 is 32.2. The second-order valence-corrected chi connectivity index (χ2v) is 6.58. The second-order valence-electron chi connectivity index (χ2n) is 4.49. The van der Waals surface area contributed by atoms with Gasteiger partial charge in [0.2, 0.25) is 0 Å². The van der Waals surface area contributed by atoms with Gasteiger partial charge in [0.05, 0.1) is 28.4 Å². The molecular weight excluding hydrogens is 312 g/mol. The van der Waals surface area contributed by atoms with Gasteiger partial charge in [-0.25, -0.2) is 8.42 Å². The van der Waals surface area contributed by atoms with E-state index in [0.717, 1.165) is 5.56 Å². The van der Waals surface area contributed by atoms with Crippen LogP contribution in [-0.4, -0.2) is 15.5 Å². The number of hydrogen-bond donors (Lipinski definition) is 2. The third-order valence-corrected chi connectivity index (χ3v) is 4.57. The highest BCUT2D eigenvalue weighted by Gasteiger charge is 2.17. The van der Waals surface area contributed by atoms with Gasteiger partial charge in [-0.05, 0) is 36.8 Å². The summed E-state index contributed by atoms with van der Waals surface area (Å²) >= 11 is 6.00. The van der Waals surface area contributed by atoms with E-state index >= 15 is 0 Å². The van der Waals surface area contributed by atoms with Gasteiger partial charge in [-0.15, -0.1) is 0 Å². The van der Waals surface area contributed by atoms with Crippen molar-refractivity contribution in [1.82, 2.24) is 0 Å². The van der Waals surface area contributed by atoms with Crippen LogP contribution in [0.15, 0.2) is 41.3 Å². The SMILES string of the molecule is COc1cc(S(=O)(=O)Nc2cc(C)ccc2Cl)ccc1N. The normalized spacial score (nSPS) is 11.2. The van der Waals surface area contributed by atoms with Crippen molar-refractivity contribution < 1.29 is 13.2 Å². The zero-order chi connectivity index (χ0) is 15.6. The molecule has 0 spiro atoms. The first kappa shape index (κ1) is 15.5. The molecule has 0 aliphatic heterocycles. The van der Waals surface area contributed by atoms with Gasteiger partial charge in [0, 0.05) is 6.07 Å². The van der Waals surface area contributed by atoms with Crippen LogP contribution in [0.3, 0.4) is 0 Å². The third-order valence-electron chi connectivity index (χ3n) is 2.88. The van der Waals surface area contributed by atoms with Gasteiger partial charge < -0.3 is 10.5 Å². The highest BCUT2D eigenvalue weighted by molar-refractivity contribution is 7.92. The Balaban J connectivity index is 2.41. The summed E-state index contributed by atoms with van der Waals surface area (Å²) in [5.41, 5.74) is 7.27. The summed E-state index contributed by atoms with van der Waals surface area (Å²) in [5.74, 6) is 0.299. The first-order valence-electron chi connectivity index (χ1n) is 6.06. The van der Waals surface area contributed by atoms with Crippen LogP contribution in [0.5, 0.6) is 5.75 Å². The molecule has 0 saturated carbocycles. The molecule has 2 aromatic carbocycles. The lowest BCUT2D eigenvalue weighted by Crippen LogP contribution is -2.13. The van der Waals surface area contributed by atoms with Crippen LogP contribution in [-0.2, 0) is 10.0 Å². The van der Waals surface area contributed by atoms with Gasteiger partial charge >= 0.3 is 0 Å². The third kappa shape index (κ3) is 3.40. The molecule has 3 N–H and O–H groups in total. The lowest BCUT2D eigenvalue weighted by Gasteiger charge is -2.12. The van der Waals surface area contributed by atoms with Gasteiger partial charge in [0.1, 0.15) is 5.75 Å². The van der Waals surface area contributed by atoms with E-state index in [1.807, 2.05) is 6.92 Å². The zero-order valence-electron chi connectivity index (χ0n) is 11.6. The molecule has 2 aromatic rings. The van der Waals surface area contributed by atoms with Gasteiger partial charge in [-0.1, -0.05) is 17.7 Å². The number of nitrogens with two attached hydrogens (primary N) is 1. The van der Waals surface area contributed by atoms with Crippen molar-refractivity contribution in [3.05, 3.63) is 47.0 Å². The number of aryl methyl sites for hydroxylation is 1. The van der Waals surface area contributed by atoms with Crippen molar-refractivity contribution in [2.45, 2.75) is 11.8 Å². The summed E-state index contributed by atoms with van der Waals surface area (Å²) in [6, 6.07) is 9.34. The molecular formula is C14H15ClN2O3S. The van der Waals surface area contributed by atoms with E-state index in [9.17, 15) is 8.42 Å². The summed E-state index contributed by atoms with van der Waals surface area (Å²) in [4.78, 5) is 0.0473. The van der Waals surface area contributed by atoms with Gasteiger partial charge in [-0.2, -0.15) is 0 Å². The van der Waals surface area contributed by atoms with E-state index in [2.05, 4.69) is 4.72 Å². The Morgan fingerprint density at radius 2 is 1.90 bits per heavy atom. The molecule has 5 nitrogen and oxygen atoms in total. The molecule has 0 bridgehead atoms. The molecule has 112 valence electrons. The maximum atomic E-state index is 12.4. The number of nitrogens with one attached hydrogen (secondary N) is 1. The zero-order valence-corrected chi connectivity index (χ0v) is 13.1. The minimum absolute atomic E-state index is 0.0473. The van der Waals surface area contributed by atoms with E-state index in [1.165, 1.54) is 25.3 Å². The minimum atomic E-state index is -3.77. The first-order valence-corrected chi connectivity index (χ1v) is 7.92. The standard InChI is InChI=1S/C14H15ClN2O3S/c1-9-3-5-11(15)13(7-9)17-21(18,19)10-4-6-12(16)14(8-10)20-2/h3-8,17H,16H2,1-2H3. The van der Waals surface area contributed by atoms with E-state index in [0.29, 0.717) is 22.1 Å². The number of ether oxygens (including phenoxy) is 1. The topological polar surface area (TPSA) is 81.4 Å². The molecule has 0 radical (unpaired) electrons. The van der Waals surface area contributed by atoms with Crippen LogP contribution in [0.25, 0.3) is 0 Å². The number of halogens is 1. The van der Waals surface area contributed by atoms with Crippen molar-refractivity contribution in [1.29, 1.82) is 0 Å². The van der Waals surface area contributed by atoms with Gasteiger partial charge in [0.25, 0.3) is 10.0 Å². The Labute approximate surface area is 128 Å². The number of nitrogen functional groups attached to an aromatic ring is 1. The van der Waals surface area contributed by atoms with Crippen LogP contribution in [0.4, 0.5) is 11.4 Å². The molecule has 0 amide bonds. The average Bonchev–Trinajstić information content (AvgIpc) is 2.43. The van der Waals surface area contributed by atoms with Crippen molar-refractivity contribution >= 4 is 33.0 Å². The Kier molecular flexibility index (Phi) is 4.29. The van der Waals surface area contributed by atoms with E-state index < -0.39 is 10.0 Å². The smallest absolute Gasteiger partial charge is 0.262 e. The fraction of sp³-hybridized carbons (Fsp3) is 0.143. The molecule has 0 atom stereocenters. The predicted molar refractivity (Wildman–Crippen MR) is 84.4 cm³/mol. The monoisotopic (exact) mass is 326 g/mol. The van der Waals surface area contributed by atoms with E-state index in [1.54, 1.807) is 18.2 Å². The summed E-state index contributed by atoms with van der Waals surface area (Å²) in [5, 5.41) is 0.326. The van der Waals surface area contributed by atoms with Crippen LogP contribution >= 0.6 is 11.6 Å². The fourth-order valence-electron chi connectivity index (χ4n) is 1.78. The molecule has 7 heteroatoms. The largest absolute Gasteiger partial charge is 0.495 e. The highest BCUT2D eigenvalue weighted by atomic mass is 35.5. The Morgan fingerprint density at radius 1 is 1.19 bits per heavy atom. The summed E-state index contributed by atoms with van der Waals surface area (Å²) in [6.07, 6.45) is 0. The predicted octanol–water partition coefficient (Wildman–Crippen LogP) is 3.04. The minimum Gasteiger partial charge on any atom is -0.495 e. The van der Waals surface area contributed by atoms with Crippen LogP contribution in [0.1, 0.15) is 5.56 Å². The van der Waals surface area contributed by atoms with Gasteiger partial charge in [0.15, 0.2) is 0 Å². The highest BCUT2D eigenvalue weighted by Crippen LogP contribution is 2.28. The number of anilines is 2.